The first-order valence-electron chi connectivity index (χ1n) is 8.51. The van der Waals surface area contributed by atoms with E-state index in [1.54, 1.807) is 53.9 Å². The van der Waals surface area contributed by atoms with E-state index in [0.29, 0.717) is 38.0 Å². The quantitative estimate of drug-likeness (QED) is 0.401. The molecule has 142 valence electrons. The average Bonchev–Trinajstić information content (AvgIpc) is 3.28. The predicted molar refractivity (Wildman–Crippen MR) is 109 cm³/mol. The third kappa shape index (κ3) is 3.33. The van der Waals surface area contributed by atoms with Crippen molar-refractivity contribution in [2.24, 2.45) is 0 Å². The number of benzene rings is 2. The molecule has 1 amide bonds. The van der Waals surface area contributed by atoms with Gasteiger partial charge in [0.1, 0.15) is 10.9 Å². The number of nitriles is 1. The number of carbonyl (C=O) groups excluding carboxylic acids is 1. The van der Waals surface area contributed by atoms with E-state index in [9.17, 15) is 20.2 Å². The summed E-state index contributed by atoms with van der Waals surface area (Å²) >= 11 is 1.21. The summed E-state index contributed by atoms with van der Waals surface area (Å²) in [4.78, 5) is 28.9. The zero-order valence-corrected chi connectivity index (χ0v) is 15.9. The maximum absolute atomic E-state index is 12.7. The molecule has 29 heavy (non-hydrogen) atoms. The van der Waals surface area contributed by atoms with E-state index < -0.39 is 4.92 Å². The van der Waals surface area contributed by atoms with Gasteiger partial charge >= 0.3 is 0 Å². The number of non-ortho nitro benzene ring substituents is 1. The molecule has 4 rings (SSSR count). The van der Waals surface area contributed by atoms with Gasteiger partial charge in [-0.2, -0.15) is 5.26 Å². The lowest BCUT2D eigenvalue weighted by Crippen LogP contribution is -2.12. The molecule has 0 unspecified atom stereocenters. The molecular weight excluding hydrogens is 390 g/mol. The second kappa shape index (κ2) is 7.18. The normalized spacial score (nSPS) is 10.6. The number of nitro groups is 1. The van der Waals surface area contributed by atoms with Crippen LogP contribution in [0.25, 0.3) is 16.2 Å². The molecule has 0 aliphatic carbocycles. The molecule has 0 bridgehead atoms. The van der Waals surface area contributed by atoms with Crippen LogP contribution in [0.1, 0.15) is 20.9 Å². The van der Waals surface area contributed by atoms with Crippen molar-refractivity contribution in [3.8, 4) is 17.3 Å². The fourth-order valence-corrected chi connectivity index (χ4v) is 3.95. The van der Waals surface area contributed by atoms with Crippen molar-refractivity contribution in [2.75, 3.05) is 5.32 Å². The van der Waals surface area contributed by atoms with Crippen molar-refractivity contribution in [3.63, 3.8) is 0 Å². The van der Waals surface area contributed by atoms with Gasteiger partial charge in [0.25, 0.3) is 11.6 Å². The van der Waals surface area contributed by atoms with Gasteiger partial charge in [-0.05, 0) is 19.1 Å². The minimum Gasteiger partial charge on any atom is -0.320 e. The second-order valence-corrected chi connectivity index (χ2v) is 7.19. The number of imidazole rings is 1. The van der Waals surface area contributed by atoms with Crippen LogP contribution in [0.3, 0.4) is 0 Å². The number of aromatic nitrogens is 2. The summed E-state index contributed by atoms with van der Waals surface area (Å²) in [5, 5.41) is 22.9. The van der Waals surface area contributed by atoms with Gasteiger partial charge < -0.3 is 5.32 Å². The Morgan fingerprint density at radius 2 is 2.07 bits per heavy atom. The third-order valence-electron chi connectivity index (χ3n) is 4.41. The molecule has 0 fully saturated rings. The zero-order chi connectivity index (χ0) is 20.5. The summed E-state index contributed by atoms with van der Waals surface area (Å²) in [6, 6.07) is 15.1. The van der Waals surface area contributed by atoms with E-state index in [-0.39, 0.29) is 11.6 Å². The van der Waals surface area contributed by atoms with Crippen LogP contribution < -0.4 is 5.32 Å². The summed E-state index contributed by atoms with van der Waals surface area (Å²) in [7, 11) is 0. The number of carbonyl (C=O) groups is 1. The first-order chi connectivity index (χ1) is 14.0. The van der Waals surface area contributed by atoms with Gasteiger partial charge in [0, 0.05) is 29.6 Å². The fraction of sp³-hybridized carbons (Fsp3) is 0.0500. The SMILES string of the molecule is Cc1c(C(=O)Nc2ccccc2C#N)sc2nc(-c3cccc([N+](=O)[O-])c3)cn12. The van der Waals surface area contributed by atoms with E-state index in [1.165, 1.54) is 23.5 Å². The highest BCUT2D eigenvalue weighted by Gasteiger charge is 2.19. The first kappa shape index (κ1) is 18.3. The van der Waals surface area contributed by atoms with E-state index in [1.807, 2.05) is 6.07 Å². The van der Waals surface area contributed by atoms with Crippen molar-refractivity contribution in [3.05, 3.63) is 81.0 Å². The van der Waals surface area contributed by atoms with E-state index in [0.717, 1.165) is 0 Å². The Balaban J connectivity index is 1.67. The van der Waals surface area contributed by atoms with Crippen molar-refractivity contribution < 1.29 is 9.72 Å². The lowest BCUT2D eigenvalue weighted by atomic mass is 10.1. The molecule has 0 atom stereocenters. The number of rotatable bonds is 4. The van der Waals surface area contributed by atoms with Gasteiger partial charge in [-0.3, -0.25) is 19.3 Å². The zero-order valence-electron chi connectivity index (χ0n) is 15.1. The van der Waals surface area contributed by atoms with Crippen molar-refractivity contribution in [1.29, 1.82) is 5.26 Å². The summed E-state index contributed by atoms with van der Waals surface area (Å²) in [5.41, 5.74) is 2.73. The molecule has 0 saturated heterocycles. The molecule has 2 aromatic carbocycles. The number of hydrogen-bond donors (Lipinski definition) is 1. The molecule has 0 aliphatic rings. The molecule has 8 nitrogen and oxygen atoms in total. The van der Waals surface area contributed by atoms with Crippen LogP contribution in [-0.2, 0) is 0 Å². The van der Waals surface area contributed by atoms with Gasteiger partial charge in [-0.15, -0.1) is 0 Å². The monoisotopic (exact) mass is 403 g/mol. The highest BCUT2D eigenvalue weighted by Crippen LogP contribution is 2.29. The molecule has 2 heterocycles. The number of nitrogens with one attached hydrogen (secondary N) is 1. The van der Waals surface area contributed by atoms with Crippen LogP contribution in [0.2, 0.25) is 0 Å². The van der Waals surface area contributed by atoms with Crippen LogP contribution in [-0.4, -0.2) is 20.2 Å². The summed E-state index contributed by atoms with van der Waals surface area (Å²) in [6.45, 7) is 1.80. The first-order valence-corrected chi connectivity index (χ1v) is 9.33. The smallest absolute Gasteiger partial charge is 0.270 e. The molecular formula is C20H13N5O3S. The van der Waals surface area contributed by atoms with Crippen molar-refractivity contribution >= 4 is 33.6 Å². The minimum absolute atomic E-state index is 0.00759. The van der Waals surface area contributed by atoms with Gasteiger partial charge in [0.15, 0.2) is 4.96 Å². The van der Waals surface area contributed by atoms with Crippen LogP contribution in [0, 0.1) is 28.4 Å². The number of anilines is 1. The van der Waals surface area contributed by atoms with Gasteiger partial charge in [0.2, 0.25) is 0 Å². The molecule has 0 spiro atoms. The molecule has 0 radical (unpaired) electrons. The number of amides is 1. The highest BCUT2D eigenvalue weighted by atomic mass is 32.1. The predicted octanol–water partition coefficient (Wildman–Crippen LogP) is 4.40. The summed E-state index contributed by atoms with van der Waals surface area (Å²) in [5.74, 6) is -0.322. The van der Waals surface area contributed by atoms with Gasteiger partial charge in [0.05, 0.1) is 21.9 Å². The minimum atomic E-state index is -0.450. The summed E-state index contributed by atoms with van der Waals surface area (Å²) < 4.78 is 1.78. The van der Waals surface area contributed by atoms with E-state index in [2.05, 4.69) is 10.3 Å². The highest BCUT2D eigenvalue weighted by molar-refractivity contribution is 7.19. The number of para-hydroxylation sites is 1. The van der Waals surface area contributed by atoms with Gasteiger partial charge in [-0.25, -0.2) is 4.98 Å². The maximum Gasteiger partial charge on any atom is 0.270 e. The van der Waals surface area contributed by atoms with Crippen LogP contribution in [0.15, 0.2) is 54.7 Å². The number of aryl methyl sites for hydroxylation is 1. The van der Waals surface area contributed by atoms with Crippen LogP contribution >= 0.6 is 11.3 Å². The van der Waals surface area contributed by atoms with Crippen molar-refractivity contribution in [2.45, 2.75) is 6.92 Å². The topological polar surface area (TPSA) is 113 Å². The lowest BCUT2D eigenvalue weighted by molar-refractivity contribution is -0.384. The number of fused-ring (bicyclic) bond motifs is 1. The van der Waals surface area contributed by atoms with Gasteiger partial charge in [-0.1, -0.05) is 35.6 Å². The number of nitro benzene ring substituents is 1. The molecule has 0 aliphatic heterocycles. The van der Waals surface area contributed by atoms with Crippen LogP contribution in [0.4, 0.5) is 11.4 Å². The lowest BCUT2D eigenvalue weighted by Gasteiger charge is -2.06. The molecule has 9 heteroatoms. The molecule has 1 N–H and O–H groups in total. The maximum atomic E-state index is 12.7. The largest absolute Gasteiger partial charge is 0.320 e. The van der Waals surface area contributed by atoms with Crippen molar-refractivity contribution in [1.82, 2.24) is 9.38 Å². The average molecular weight is 403 g/mol. The number of hydrogen-bond acceptors (Lipinski definition) is 6. The Labute approximate surface area is 168 Å². The standard InChI is InChI=1S/C20H13N5O3S/c1-12-18(19(26)22-16-8-3-2-5-14(16)10-21)29-20-23-17(11-24(12)20)13-6-4-7-15(9-13)25(27)28/h2-9,11H,1H3,(H,22,26). The summed E-state index contributed by atoms with van der Waals surface area (Å²) in [6.07, 6.45) is 1.75. The van der Waals surface area contributed by atoms with E-state index in [4.69, 9.17) is 0 Å². The van der Waals surface area contributed by atoms with Crippen LogP contribution in [0.5, 0.6) is 0 Å². The Hall–Kier alpha value is -4.03. The Kier molecular flexibility index (Phi) is 4.54. The molecule has 2 aromatic heterocycles. The number of thiazole rings is 1. The molecule has 0 saturated carbocycles. The Bertz CT molecular complexity index is 1320. The molecule has 4 aromatic rings. The Morgan fingerprint density at radius 3 is 2.79 bits per heavy atom. The third-order valence-corrected chi connectivity index (χ3v) is 5.57. The number of nitrogens with zero attached hydrogens (tertiary/aromatic N) is 4. The van der Waals surface area contributed by atoms with E-state index >= 15 is 0 Å². The second-order valence-electron chi connectivity index (χ2n) is 6.21. The fourth-order valence-electron chi connectivity index (χ4n) is 2.95. The Morgan fingerprint density at radius 1 is 1.28 bits per heavy atom.